The van der Waals surface area contributed by atoms with Gasteiger partial charge in [0.2, 0.25) is 0 Å². The third kappa shape index (κ3) is 5.70. The van der Waals surface area contributed by atoms with E-state index in [1.54, 1.807) is 35.9 Å². The summed E-state index contributed by atoms with van der Waals surface area (Å²) < 4.78 is 37.8. The summed E-state index contributed by atoms with van der Waals surface area (Å²) in [6, 6.07) is 5.53. The number of likely N-dealkylation sites (tertiary alicyclic amines) is 1. The maximum Gasteiger partial charge on any atom is 0.490 e. The van der Waals surface area contributed by atoms with E-state index in [0.717, 1.165) is 37.2 Å². The number of aliphatic carboxylic acids is 1. The molecule has 5 rings (SSSR count). The highest BCUT2D eigenvalue weighted by Gasteiger charge is 2.54. The van der Waals surface area contributed by atoms with Crippen LogP contribution in [0.5, 0.6) is 0 Å². The Bertz CT molecular complexity index is 1090. The first-order chi connectivity index (χ1) is 17.1. The van der Waals surface area contributed by atoms with Gasteiger partial charge < -0.3 is 20.1 Å². The van der Waals surface area contributed by atoms with Crippen LogP contribution in [0.3, 0.4) is 0 Å². The molecule has 2 aromatic heterocycles. The number of carbonyl (C=O) groups excluding carboxylic acids is 2. The fourth-order valence-electron chi connectivity index (χ4n) is 4.84. The van der Waals surface area contributed by atoms with E-state index in [2.05, 4.69) is 16.4 Å². The average Bonchev–Trinajstić information content (AvgIpc) is 3.53. The SMILES string of the molecule is O=C(NCCC1CCOC12CN(C(=O)c1cc3c(s1)CCC3)C2)c1ccncc1.O=C(O)C(F)(F)F. The highest BCUT2D eigenvalue weighted by molar-refractivity contribution is 7.14. The molecule has 4 heterocycles. The van der Waals surface area contributed by atoms with E-state index in [4.69, 9.17) is 14.6 Å². The van der Waals surface area contributed by atoms with Crippen molar-refractivity contribution in [1.82, 2.24) is 15.2 Å². The topological polar surface area (TPSA) is 109 Å². The summed E-state index contributed by atoms with van der Waals surface area (Å²) in [5.41, 5.74) is 1.77. The predicted molar refractivity (Wildman–Crippen MR) is 124 cm³/mol. The summed E-state index contributed by atoms with van der Waals surface area (Å²) in [5, 5.41) is 10.1. The Hall–Kier alpha value is -2.99. The molecule has 2 aromatic rings. The zero-order valence-electron chi connectivity index (χ0n) is 19.3. The number of pyridine rings is 1. The number of fused-ring (bicyclic) bond motifs is 1. The smallest absolute Gasteiger partial charge is 0.475 e. The molecule has 2 saturated heterocycles. The molecular weight excluding hydrogens is 499 g/mol. The second kappa shape index (κ2) is 10.6. The largest absolute Gasteiger partial charge is 0.490 e. The molecule has 0 saturated carbocycles. The average molecular weight is 526 g/mol. The van der Waals surface area contributed by atoms with Crippen LogP contribution in [0.15, 0.2) is 30.6 Å². The van der Waals surface area contributed by atoms with Gasteiger partial charge in [-0.2, -0.15) is 13.2 Å². The molecule has 2 amide bonds. The Balaban J connectivity index is 0.000000384. The minimum absolute atomic E-state index is 0.0727. The van der Waals surface area contributed by atoms with E-state index >= 15 is 0 Å². The van der Waals surface area contributed by atoms with Crippen LogP contribution in [0.25, 0.3) is 0 Å². The number of nitrogens with one attached hydrogen (secondary N) is 1. The molecule has 2 fully saturated rings. The maximum absolute atomic E-state index is 12.9. The van der Waals surface area contributed by atoms with Gasteiger partial charge in [0.05, 0.1) is 18.0 Å². The van der Waals surface area contributed by atoms with Gasteiger partial charge in [-0.15, -0.1) is 11.3 Å². The molecule has 194 valence electrons. The molecule has 3 aliphatic rings. The number of hydrogen-bond donors (Lipinski definition) is 2. The lowest BCUT2D eigenvalue weighted by atomic mass is 9.79. The number of nitrogens with zero attached hydrogens (tertiary/aromatic N) is 2. The molecule has 2 aliphatic heterocycles. The molecule has 8 nitrogen and oxygen atoms in total. The van der Waals surface area contributed by atoms with Crippen molar-refractivity contribution >= 4 is 29.1 Å². The summed E-state index contributed by atoms with van der Waals surface area (Å²) in [5.74, 6) is -2.31. The number of carboxylic acids is 1. The summed E-state index contributed by atoms with van der Waals surface area (Å²) >= 11 is 1.67. The Morgan fingerprint density at radius 1 is 1.22 bits per heavy atom. The number of halogens is 3. The van der Waals surface area contributed by atoms with Crippen LogP contribution >= 0.6 is 11.3 Å². The van der Waals surface area contributed by atoms with E-state index in [1.807, 2.05) is 4.90 Å². The molecule has 36 heavy (non-hydrogen) atoms. The van der Waals surface area contributed by atoms with Gasteiger partial charge >= 0.3 is 12.1 Å². The number of alkyl halides is 3. The Labute approximate surface area is 209 Å². The molecule has 1 aliphatic carbocycles. The minimum atomic E-state index is -5.08. The van der Waals surface area contributed by atoms with Crippen LogP contribution in [0.2, 0.25) is 0 Å². The van der Waals surface area contributed by atoms with Gasteiger partial charge in [0.1, 0.15) is 5.60 Å². The van der Waals surface area contributed by atoms with Crippen molar-refractivity contribution in [2.24, 2.45) is 5.92 Å². The molecule has 12 heteroatoms. The normalized spacial score (nSPS) is 19.8. The number of hydrogen-bond acceptors (Lipinski definition) is 6. The monoisotopic (exact) mass is 525 g/mol. The van der Waals surface area contributed by atoms with Crippen LogP contribution in [-0.2, 0) is 22.4 Å². The zero-order valence-corrected chi connectivity index (χ0v) is 20.2. The van der Waals surface area contributed by atoms with Gasteiger partial charge in [0.25, 0.3) is 11.8 Å². The van der Waals surface area contributed by atoms with Crippen LogP contribution in [0.4, 0.5) is 13.2 Å². The van der Waals surface area contributed by atoms with E-state index < -0.39 is 12.1 Å². The zero-order chi connectivity index (χ0) is 25.9. The molecule has 1 spiro atoms. The third-order valence-electron chi connectivity index (χ3n) is 6.72. The summed E-state index contributed by atoms with van der Waals surface area (Å²) in [4.78, 5) is 42.1. The number of carboxylic acid groups (broad SMARTS) is 1. The Kier molecular flexibility index (Phi) is 7.65. The Morgan fingerprint density at radius 2 is 1.92 bits per heavy atom. The van der Waals surface area contributed by atoms with Crippen LogP contribution in [0.1, 0.15) is 49.7 Å². The van der Waals surface area contributed by atoms with Gasteiger partial charge in [-0.1, -0.05) is 0 Å². The number of aryl methyl sites for hydroxylation is 2. The van der Waals surface area contributed by atoms with Gasteiger partial charge in [-0.05, 0) is 61.8 Å². The summed E-state index contributed by atoms with van der Waals surface area (Å²) in [6.07, 6.45) is 3.46. The van der Waals surface area contributed by atoms with E-state index in [0.29, 0.717) is 31.1 Å². The lowest BCUT2D eigenvalue weighted by molar-refractivity contribution is -0.192. The number of rotatable bonds is 5. The van der Waals surface area contributed by atoms with Crippen molar-refractivity contribution in [2.45, 2.75) is 43.9 Å². The number of amides is 2. The maximum atomic E-state index is 12.9. The second-order valence-electron chi connectivity index (χ2n) is 9.06. The van der Waals surface area contributed by atoms with Crippen molar-refractivity contribution in [3.8, 4) is 0 Å². The highest BCUT2D eigenvalue weighted by atomic mass is 32.1. The second-order valence-corrected chi connectivity index (χ2v) is 10.2. The number of carbonyl (C=O) groups is 3. The van der Waals surface area contributed by atoms with Crippen molar-refractivity contribution in [3.05, 3.63) is 51.5 Å². The van der Waals surface area contributed by atoms with Crippen molar-refractivity contribution in [3.63, 3.8) is 0 Å². The van der Waals surface area contributed by atoms with Crippen LogP contribution < -0.4 is 5.32 Å². The number of thiophene rings is 1. The van der Waals surface area contributed by atoms with Gasteiger partial charge in [-0.3, -0.25) is 14.6 Å². The Morgan fingerprint density at radius 3 is 2.56 bits per heavy atom. The fourth-order valence-corrected chi connectivity index (χ4v) is 6.06. The van der Waals surface area contributed by atoms with Crippen molar-refractivity contribution < 1.29 is 37.4 Å². The quantitative estimate of drug-likeness (QED) is 0.620. The first-order valence-corrected chi connectivity index (χ1v) is 12.4. The van der Waals surface area contributed by atoms with Crippen LogP contribution in [-0.4, -0.2) is 70.8 Å². The summed E-state index contributed by atoms with van der Waals surface area (Å²) in [7, 11) is 0. The van der Waals surface area contributed by atoms with Gasteiger partial charge in [0, 0.05) is 36.0 Å². The number of ether oxygens (including phenoxy) is 1. The summed E-state index contributed by atoms with van der Waals surface area (Å²) in [6.45, 7) is 2.68. The van der Waals surface area contributed by atoms with E-state index in [1.165, 1.54) is 16.9 Å². The molecule has 1 unspecified atom stereocenters. The number of aromatic nitrogens is 1. The van der Waals surface area contributed by atoms with Crippen molar-refractivity contribution in [2.75, 3.05) is 26.2 Å². The lowest BCUT2D eigenvalue weighted by Crippen LogP contribution is -2.66. The van der Waals surface area contributed by atoms with Crippen LogP contribution in [0, 0.1) is 5.92 Å². The molecule has 0 radical (unpaired) electrons. The first-order valence-electron chi connectivity index (χ1n) is 11.6. The van der Waals surface area contributed by atoms with E-state index in [-0.39, 0.29) is 17.4 Å². The standard InChI is InChI=1S/C22H25N3O3S.C2HF3O2/c26-20(15-4-8-23-9-5-15)24-10-6-17-7-11-28-22(17)13-25(14-22)21(27)19-12-16-2-1-3-18(16)29-19;3-2(4,5)1(6)7/h4-5,8-9,12,17H,1-3,6-7,10-11,13-14H2,(H,24,26);(H,6,7). The van der Waals surface area contributed by atoms with E-state index in [9.17, 15) is 22.8 Å². The predicted octanol–water partition coefficient (Wildman–Crippen LogP) is 3.32. The fraction of sp³-hybridized carbons (Fsp3) is 0.500. The van der Waals surface area contributed by atoms with Gasteiger partial charge in [-0.25, -0.2) is 4.79 Å². The molecule has 2 N–H and O–H groups in total. The van der Waals surface area contributed by atoms with Gasteiger partial charge in [0.15, 0.2) is 0 Å². The lowest BCUT2D eigenvalue weighted by Gasteiger charge is -2.50. The molecule has 1 atom stereocenters. The molecule has 0 bridgehead atoms. The van der Waals surface area contributed by atoms with Crippen molar-refractivity contribution in [1.29, 1.82) is 0 Å². The minimum Gasteiger partial charge on any atom is -0.475 e. The third-order valence-corrected chi connectivity index (χ3v) is 7.95. The molecular formula is C24H26F3N3O5S. The first kappa shape index (κ1) is 26.1. The highest BCUT2D eigenvalue weighted by Crippen LogP contribution is 2.42. The molecule has 0 aromatic carbocycles.